The largest absolute Gasteiger partial charge is 0.365 e. The second kappa shape index (κ2) is 10.9. The highest BCUT2D eigenvalue weighted by molar-refractivity contribution is 7.14. The standard InChI is InChI=1S/C21H30N4S3/c1-22(19-7-4-16-26-19)10-13-25(14-11-23(2)20-8-5-17-27-20)15-12-24(3)21-9-6-18-28-21/h4-9,16-18H,10-15H2,1-3H3. The first-order valence-electron chi connectivity index (χ1n) is 9.60. The van der Waals surface area contributed by atoms with E-state index >= 15 is 0 Å². The van der Waals surface area contributed by atoms with Crippen LogP contribution >= 0.6 is 34.0 Å². The second-order valence-corrected chi connectivity index (χ2v) is 9.74. The summed E-state index contributed by atoms with van der Waals surface area (Å²) in [7, 11) is 6.58. The monoisotopic (exact) mass is 434 g/mol. The average Bonchev–Trinajstić information content (AvgIpc) is 3.48. The van der Waals surface area contributed by atoms with Crippen molar-refractivity contribution in [3.05, 3.63) is 52.5 Å². The van der Waals surface area contributed by atoms with E-state index in [1.165, 1.54) is 15.0 Å². The van der Waals surface area contributed by atoms with Crippen molar-refractivity contribution in [1.82, 2.24) is 4.90 Å². The summed E-state index contributed by atoms with van der Waals surface area (Å²) < 4.78 is 0. The van der Waals surface area contributed by atoms with Crippen LogP contribution in [0.15, 0.2) is 52.5 Å². The molecule has 0 aromatic carbocycles. The Labute approximate surface area is 181 Å². The van der Waals surface area contributed by atoms with Gasteiger partial charge in [0.05, 0.1) is 15.0 Å². The predicted molar refractivity (Wildman–Crippen MR) is 129 cm³/mol. The first-order valence-corrected chi connectivity index (χ1v) is 12.2. The van der Waals surface area contributed by atoms with Gasteiger partial charge in [0.1, 0.15) is 0 Å². The molecule has 0 spiro atoms. The lowest BCUT2D eigenvalue weighted by atomic mass is 10.4. The zero-order valence-electron chi connectivity index (χ0n) is 17.0. The number of likely N-dealkylation sites (N-methyl/N-ethyl adjacent to an activating group) is 3. The molecule has 0 radical (unpaired) electrons. The Morgan fingerprint density at radius 3 is 1.11 bits per heavy atom. The first kappa shape index (κ1) is 21.2. The smallest absolute Gasteiger partial charge is 0.0906 e. The van der Waals surface area contributed by atoms with Gasteiger partial charge in [0.2, 0.25) is 0 Å². The van der Waals surface area contributed by atoms with Crippen molar-refractivity contribution in [2.45, 2.75) is 0 Å². The van der Waals surface area contributed by atoms with Crippen molar-refractivity contribution in [2.75, 3.05) is 75.1 Å². The molecule has 0 atom stereocenters. The van der Waals surface area contributed by atoms with E-state index in [1.54, 1.807) is 0 Å². The number of thiophene rings is 3. The van der Waals surface area contributed by atoms with Crippen molar-refractivity contribution in [3.8, 4) is 0 Å². The lowest BCUT2D eigenvalue weighted by Crippen LogP contribution is -2.41. The third-order valence-corrected chi connectivity index (χ3v) is 7.85. The molecule has 3 heterocycles. The fraction of sp³-hybridized carbons (Fsp3) is 0.429. The fourth-order valence-electron chi connectivity index (χ4n) is 3.00. The minimum Gasteiger partial charge on any atom is -0.365 e. The zero-order valence-corrected chi connectivity index (χ0v) is 19.4. The van der Waals surface area contributed by atoms with Gasteiger partial charge in [-0.2, -0.15) is 0 Å². The Hall–Kier alpha value is -1.54. The quantitative estimate of drug-likeness (QED) is 0.403. The molecule has 3 rings (SSSR count). The van der Waals surface area contributed by atoms with E-state index in [-0.39, 0.29) is 0 Å². The van der Waals surface area contributed by atoms with Gasteiger partial charge in [0, 0.05) is 60.4 Å². The molecule has 0 bridgehead atoms. The summed E-state index contributed by atoms with van der Waals surface area (Å²) in [5, 5.41) is 10.5. The van der Waals surface area contributed by atoms with Gasteiger partial charge in [-0.25, -0.2) is 0 Å². The molecule has 4 nitrogen and oxygen atoms in total. The minimum atomic E-state index is 1.05. The van der Waals surface area contributed by atoms with Crippen LogP contribution in [0.4, 0.5) is 15.0 Å². The lowest BCUT2D eigenvalue weighted by Gasteiger charge is -2.29. The van der Waals surface area contributed by atoms with Gasteiger partial charge in [0.15, 0.2) is 0 Å². The summed E-state index contributed by atoms with van der Waals surface area (Å²) in [6, 6.07) is 13.0. The molecule has 3 aromatic heterocycles. The van der Waals surface area contributed by atoms with E-state index in [9.17, 15) is 0 Å². The van der Waals surface area contributed by atoms with Crippen molar-refractivity contribution in [2.24, 2.45) is 0 Å². The Kier molecular flexibility index (Phi) is 8.21. The topological polar surface area (TPSA) is 13.0 Å². The number of nitrogens with zero attached hydrogens (tertiary/aromatic N) is 4. The Balaban J connectivity index is 1.52. The molecule has 0 aliphatic rings. The number of anilines is 3. The summed E-state index contributed by atoms with van der Waals surface area (Å²) in [4.78, 5) is 9.69. The summed E-state index contributed by atoms with van der Waals surface area (Å²) in [5.74, 6) is 0. The molecule has 0 saturated carbocycles. The van der Waals surface area contributed by atoms with Crippen LogP contribution < -0.4 is 14.7 Å². The molecule has 3 aromatic rings. The van der Waals surface area contributed by atoms with Crippen LogP contribution in [0.3, 0.4) is 0 Å². The lowest BCUT2D eigenvalue weighted by molar-refractivity contribution is 0.293. The highest BCUT2D eigenvalue weighted by Crippen LogP contribution is 2.21. The average molecular weight is 435 g/mol. The minimum absolute atomic E-state index is 1.05. The van der Waals surface area contributed by atoms with E-state index in [2.05, 4.69) is 93.3 Å². The highest BCUT2D eigenvalue weighted by Gasteiger charge is 2.12. The number of rotatable bonds is 12. The maximum Gasteiger partial charge on any atom is 0.0906 e. The van der Waals surface area contributed by atoms with Crippen LogP contribution in [0.2, 0.25) is 0 Å². The summed E-state index contributed by atoms with van der Waals surface area (Å²) >= 11 is 5.43. The molecule has 7 heteroatoms. The predicted octanol–water partition coefficient (Wildman–Crippen LogP) is 4.88. The summed E-state index contributed by atoms with van der Waals surface area (Å²) in [6.45, 7) is 6.37. The summed E-state index contributed by atoms with van der Waals surface area (Å²) in [5.41, 5.74) is 0. The molecule has 0 amide bonds. The van der Waals surface area contributed by atoms with Crippen LogP contribution in [-0.2, 0) is 0 Å². The molecule has 0 saturated heterocycles. The van der Waals surface area contributed by atoms with Crippen LogP contribution in [0.1, 0.15) is 0 Å². The van der Waals surface area contributed by atoms with E-state index in [0.717, 1.165) is 39.3 Å². The van der Waals surface area contributed by atoms with Gasteiger partial charge in [-0.05, 0) is 52.5 Å². The van der Waals surface area contributed by atoms with Crippen molar-refractivity contribution < 1.29 is 0 Å². The third kappa shape index (κ3) is 6.24. The van der Waals surface area contributed by atoms with Crippen LogP contribution in [-0.4, -0.2) is 65.3 Å². The molecule has 0 aliphatic heterocycles. The van der Waals surface area contributed by atoms with E-state index in [1.807, 2.05) is 34.0 Å². The van der Waals surface area contributed by atoms with Crippen molar-refractivity contribution in [1.29, 1.82) is 0 Å². The Morgan fingerprint density at radius 1 is 0.536 bits per heavy atom. The number of hydrogen-bond acceptors (Lipinski definition) is 7. The van der Waals surface area contributed by atoms with E-state index < -0.39 is 0 Å². The van der Waals surface area contributed by atoms with Crippen LogP contribution in [0.5, 0.6) is 0 Å². The van der Waals surface area contributed by atoms with Crippen LogP contribution in [0, 0.1) is 0 Å². The fourth-order valence-corrected chi connectivity index (χ4v) is 5.18. The normalized spacial score (nSPS) is 11.1. The zero-order chi connectivity index (χ0) is 19.8. The molecular weight excluding hydrogens is 404 g/mol. The third-order valence-electron chi connectivity index (χ3n) is 4.90. The molecular formula is C21H30N4S3. The van der Waals surface area contributed by atoms with Gasteiger partial charge in [-0.15, -0.1) is 34.0 Å². The maximum atomic E-state index is 2.60. The molecule has 0 fully saturated rings. The highest BCUT2D eigenvalue weighted by atomic mass is 32.1. The molecule has 0 N–H and O–H groups in total. The Morgan fingerprint density at radius 2 is 0.857 bits per heavy atom. The van der Waals surface area contributed by atoms with Gasteiger partial charge in [-0.3, -0.25) is 4.90 Å². The first-order chi connectivity index (χ1) is 13.6. The Bertz CT molecular complexity index is 651. The molecule has 0 aliphatic carbocycles. The molecule has 152 valence electrons. The van der Waals surface area contributed by atoms with Gasteiger partial charge < -0.3 is 14.7 Å². The van der Waals surface area contributed by atoms with Gasteiger partial charge in [-0.1, -0.05) is 0 Å². The van der Waals surface area contributed by atoms with E-state index in [4.69, 9.17) is 0 Å². The molecule has 0 unspecified atom stereocenters. The summed E-state index contributed by atoms with van der Waals surface area (Å²) in [6.07, 6.45) is 0. The number of hydrogen-bond donors (Lipinski definition) is 0. The maximum absolute atomic E-state index is 2.60. The van der Waals surface area contributed by atoms with Crippen molar-refractivity contribution >= 4 is 49.0 Å². The van der Waals surface area contributed by atoms with Crippen LogP contribution in [0.25, 0.3) is 0 Å². The van der Waals surface area contributed by atoms with E-state index in [0.29, 0.717) is 0 Å². The molecule has 28 heavy (non-hydrogen) atoms. The van der Waals surface area contributed by atoms with Gasteiger partial charge in [0.25, 0.3) is 0 Å². The van der Waals surface area contributed by atoms with Crippen molar-refractivity contribution in [3.63, 3.8) is 0 Å². The SMILES string of the molecule is CN(CCN(CCN(C)c1cccs1)CCN(C)c1cccs1)c1cccs1. The van der Waals surface area contributed by atoms with Gasteiger partial charge >= 0.3 is 0 Å². The second-order valence-electron chi connectivity index (χ2n) is 6.96.